The van der Waals surface area contributed by atoms with Crippen molar-refractivity contribution in [2.24, 2.45) is 0 Å². The molecule has 1 aromatic heterocycles. The molecule has 0 aliphatic carbocycles. The SMILES string of the molecule is COc1cc([N+](=O)[O-])ccc1NC(=O)COC(=O)CCCNC(=O)c1ccco1. The van der Waals surface area contributed by atoms with E-state index in [1.54, 1.807) is 6.07 Å². The van der Waals surface area contributed by atoms with E-state index in [9.17, 15) is 24.5 Å². The molecule has 0 fully saturated rings. The molecule has 0 spiro atoms. The summed E-state index contributed by atoms with van der Waals surface area (Å²) in [6.07, 6.45) is 1.71. The van der Waals surface area contributed by atoms with Gasteiger partial charge in [-0.25, -0.2) is 0 Å². The van der Waals surface area contributed by atoms with E-state index in [-0.39, 0.29) is 41.8 Å². The first-order valence-electron chi connectivity index (χ1n) is 8.50. The van der Waals surface area contributed by atoms with Crippen molar-refractivity contribution in [3.8, 4) is 5.75 Å². The minimum atomic E-state index is -0.628. The standard InChI is InChI=1S/C18H19N3O8/c1-27-15-10-12(21(25)26)6-7-13(15)20-16(22)11-29-17(23)5-2-8-19-18(24)14-4-3-9-28-14/h3-4,6-7,9-10H,2,5,8,11H2,1H3,(H,19,24)(H,20,22). The average Bonchev–Trinajstić information content (AvgIpc) is 3.24. The van der Waals surface area contributed by atoms with Crippen molar-refractivity contribution in [1.82, 2.24) is 5.32 Å². The fourth-order valence-electron chi connectivity index (χ4n) is 2.23. The van der Waals surface area contributed by atoms with Gasteiger partial charge in [-0.15, -0.1) is 0 Å². The first-order chi connectivity index (χ1) is 13.9. The molecule has 1 heterocycles. The number of nitro benzene ring substituents is 1. The van der Waals surface area contributed by atoms with Gasteiger partial charge in [-0.2, -0.15) is 0 Å². The zero-order chi connectivity index (χ0) is 21.2. The van der Waals surface area contributed by atoms with Crippen LogP contribution in [0.4, 0.5) is 11.4 Å². The summed E-state index contributed by atoms with van der Waals surface area (Å²) in [5, 5.41) is 15.8. The van der Waals surface area contributed by atoms with Gasteiger partial charge >= 0.3 is 5.97 Å². The quantitative estimate of drug-likeness (QED) is 0.263. The van der Waals surface area contributed by atoms with Gasteiger partial charge in [0.2, 0.25) is 0 Å². The van der Waals surface area contributed by atoms with Crippen LogP contribution in [0.25, 0.3) is 0 Å². The van der Waals surface area contributed by atoms with Crippen LogP contribution in [0.5, 0.6) is 5.75 Å². The lowest BCUT2D eigenvalue weighted by molar-refractivity contribution is -0.384. The molecule has 11 nitrogen and oxygen atoms in total. The summed E-state index contributed by atoms with van der Waals surface area (Å²) in [6, 6.07) is 6.80. The fraction of sp³-hybridized carbons (Fsp3) is 0.278. The van der Waals surface area contributed by atoms with E-state index in [0.717, 1.165) is 0 Å². The number of hydrogen-bond acceptors (Lipinski definition) is 8. The summed E-state index contributed by atoms with van der Waals surface area (Å²) < 4.78 is 14.8. The number of nitrogens with one attached hydrogen (secondary N) is 2. The molecule has 2 rings (SSSR count). The molecule has 0 aliphatic rings. The number of benzene rings is 1. The molecule has 11 heteroatoms. The number of rotatable bonds is 10. The van der Waals surface area contributed by atoms with Crippen molar-refractivity contribution in [3.63, 3.8) is 0 Å². The summed E-state index contributed by atoms with van der Waals surface area (Å²) in [7, 11) is 1.30. The summed E-state index contributed by atoms with van der Waals surface area (Å²) in [4.78, 5) is 45.4. The average molecular weight is 405 g/mol. The number of methoxy groups -OCH3 is 1. The van der Waals surface area contributed by atoms with E-state index >= 15 is 0 Å². The Bertz CT molecular complexity index is 879. The Morgan fingerprint density at radius 3 is 2.69 bits per heavy atom. The highest BCUT2D eigenvalue weighted by Gasteiger charge is 2.15. The molecule has 0 bridgehead atoms. The zero-order valence-electron chi connectivity index (χ0n) is 15.5. The monoisotopic (exact) mass is 405 g/mol. The number of anilines is 1. The van der Waals surface area contributed by atoms with Gasteiger partial charge in [-0.1, -0.05) is 0 Å². The van der Waals surface area contributed by atoms with Crippen LogP contribution in [0.3, 0.4) is 0 Å². The van der Waals surface area contributed by atoms with Crippen LogP contribution in [-0.4, -0.2) is 43.0 Å². The molecular formula is C18H19N3O8. The normalized spacial score (nSPS) is 10.1. The maximum atomic E-state index is 11.9. The summed E-state index contributed by atoms with van der Waals surface area (Å²) >= 11 is 0. The molecule has 2 aromatic rings. The van der Waals surface area contributed by atoms with Crippen LogP contribution in [0.15, 0.2) is 41.0 Å². The second kappa shape index (κ2) is 10.4. The third-order valence-corrected chi connectivity index (χ3v) is 3.62. The van der Waals surface area contributed by atoms with E-state index in [4.69, 9.17) is 13.9 Å². The Morgan fingerprint density at radius 1 is 1.24 bits per heavy atom. The third-order valence-electron chi connectivity index (χ3n) is 3.62. The predicted octanol–water partition coefficient (Wildman–Crippen LogP) is 1.89. The Kier molecular flexibility index (Phi) is 7.71. The molecule has 29 heavy (non-hydrogen) atoms. The van der Waals surface area contributed by atoms with Crippen molar-refractivity contribution in [3.05, 3.63) is 52.5 Å². The molecule has 2 N–H and O–H groups in total. The van der Waals surface area contributed by atoms with Gasteiger partial charge in [0.15, 0.2) is 12.4 Å². The summed E-state index contributed by atoms with van der Waals surface area (Å²) in [5.74, 6) is -1.35. The number of ether oxygens (including phenoxy) is 2. The fourth-order valence-corrected chi connectivity index (χ4v) is 2.23. The van der Waals surface area contributed by atoms with E-state index in [0.29, 0.717) is 6.42 Å². The van der Waals surface area contributed by atoms with Gasteiger partial charge in [-0.05, 0) is 24.6 Å². The van der Waals surface area contributed by atoms with Crippen LogP contribution in [0.1, 0.15) is 23.4 Å². The van der Waals surface area contributed by atoms with Gasteiger partial charge in [0.05, 0.1) is 30.1 Å². The van der Waals surface area contributed by atoms with Crippen molar-refractivity contribution in [1.29, 1.82) is 0 Å². The van der Waals surface area contributed by atoms with Gasteiger partial charge in [0.1, 0.15) is 5.75 Å². The Hall–Kier alpha value is -3.89. The van der Waals surface area contributed by atoms with Gasteiger partial charge in [-0.3, -0.25) is 24.5 Å². The maximum Gasteiger partial charge on any atom is 0.306 e. The van der Waals surface area contributed by atoms with Crippen LogP contribution in [-0.2, 0) is 14.3 Å². The second-order valence-corrected chi connectivity index (χ2v) is 5.69. The molecule has 0 unspecified atom stereocenters. The highest BCUT2D eigenvalue weighted by atomic mass is 16.6. The van der Waals surface area contributed by atoms with Gasteiger partial charge < -0.3 is 24.5 Å². The first kappa shape index (κ1) is 21.4. The number of nitrogens with zero attached hydrogens (tertiary/aromatic N) is 1. The van der Waals surface area contributed by atoms with Gasteiger partial charge in [0, 0.05) is 19.0 Å². The Labute approximate surface area is 165 Å². The topological polar surface area (TPSA) is 150 Å². The van der Waals surface area contributed by atoms with Crippen molar-refractivity contribution in [2.45, 2.75) is 12.8 Å². The third kappa shape index (κ3) is 6.65. The second-order valence-electron chi connectivity index (χ2n) is 5.69. The van der Waals surface area contributed by atoms with E-state index in [1.165, 1.54) is 37.6 Å². The molecule has 0 aliphatic heterocycles. The minimum absolute atomic E-state index is 0.00652. The van der Waals surface area contributed by atoms with Crippen LogP contribution in [0, 0.1) is 10.1 Å². The number of nitro groups is 1. The minimum Gasteiger partial charge on any atom is -0.494 e. The van der Waals surface area contributed by atoms with Crippen LogP contribution in [0.2, 0.25) is 0 Å². The lowest BCUT2D eigenvalue weighted by atomic mass is 10.2. The molecule has 0 saturated heterocycles. The lowest BCUT2D eigenvalue weighted by Crippen LogP contribution is -2.25. The highest BCUT2D eigenvalue weighted by Crippen LogP contribution is 2.28. The smallest absolute Gasteiger partial charge is 0.306 e. The molecule has 1 aromatic carbocycles. The summed E-state index contributed by atoms with van der Waals surface area (Å²) in [5.41, 5.74) is 0.0187. The molecule has 0 atom stereocenters. The Balaban J connectivity index is 1.70. The van der Waals surface area contributed by atoms with E-state index in [2.05, 4.69) is 10.6 Å². The van der Waals surface area contributed by atoms with Crippen molar-refractivity contribution in [2.75, 3.05) is 25.6 Å². The van der Waals surface area contributed by atoms with Crippen LogP contribution < -0.4 is 15.4 Å². The zero-order valence-corrected chi connectivity index (χ0v) is 15.5. The molecule has 2 amide bonds. The van der Waals surface area contributed by atoms with Crippen LogP contribution >= 0.6 is 0 Å². The number of esters is 1. The number of carbonyl (C=O) groups is 3. The first-order valence-corrected chi connectivity index (χ1v) is 8.50. The number of hydrogen-bond donors (Lipinski definition) is 2. The molecule has 154 valence electrons. The largest absolute Gasteiger partial charge is 0.494 e. The van der Waals surface area contributed by atoms with E-state index in [1.807, 2.05) is 0 Å². The molecule has 0 saturated carbocycles. The summed E-state index contributed by atoms with van der Waals surface area (Å²) in [6.45, 7) is -0.293. The van der Waals surface area contributed by atoms with Crippen molar-refractivity contribution < 1.29 is 33.2 Å². The molecular weight excluding hydrogens is 386 g/mol. The van der Waals surface area contributed by atoms with Gasteiger partial charge in [0.25, 0.3) is 17.5 Å². The number of amides is 2. The number of furan rings is 1. The van der Waals surface area contributed by atoms with E-state index < -0.39 is 23.4 Å². The van der Waals surface area contributed by atoms with Crippen molar-refractivity contribution >= 4 is 29.2 Å². The highest BCUT2D eigenvalue weighted by molar-refractivity contribution is 5.94. The maximum absolute atomic E-state index is 11.9. The Morgan fingerprint density at radius 2 is 2.03 bits per heavy atom. The molecule has 0 radical (unpaired) electrons. The number of non-ortho nitro benzene ring substituents is 1. The number of carbonyl (C=O) groups excluding carboxylic acids is 3. The predicted molar refractivity (Wildman–Crippen MR) is 99.5 cm³/mol. The lowest BCUT2D eigenvalue weighted by Gasteiger charge is -2.10.